The normalized spacial score (nSPS) is 22.3. The Morgan fingerprint density at radius 1 is 1.50 bits per heavy atom. The molecule has 2 unspecified atom stereocenters. The molecule has 102 valence electrons. The fourth-order valence-corrected chi connectivity index (χ4v) is 3.01. The summed E-state index contributed by atoms with van der Waals surface area (Å²) in [4.78, 5) is 2.57. The molecule has 0 aliphatic carbocycles. The van der Waals surface area contributed by atoms with E-state index in [9.17, 15) is 0 Å². The fourth-order valence-electron chi connectivity index (χ4n) is 3.01. The van der Waals surface area contributed by atoms with E-state index >= 15 is 0 Å². The zero-order valence-electron chi connectivity index (χ0n) is 11.7. The third-order valence-corrected chi connectivity index (χ3v) is 4.00. The van der Waals surface area contributed by atoms with E-state index in [1.807, 2.05) is 6.07 Å². The van der Waals surface area contributed by atoms with Gasteiger partial charge in [0.15, 0.2) is 0 Å². The lowest BCUT2D eigenvalue weighted by Crippen LogP contribution is -2.39. The molecule has 3 nitrogen and oxygen atoms in total. The first-order valence-corrected chi connectivity index (χ1v) is 7.33. The molecule has 0 bridgehead atoms. The first kappa shape index (κ1) is 13.6. The Balaban J connectivity index is 1.97. The van der Waals surface area contributed by atoms with Crippen LogP contribution in [0, 0.1) is 5.92 Å². The molecule has 1 aromatic rings. The first-order valence-electron chi connectivity index (χ1n) is 7.33. The molecule has 0 amide bonds. The topological polar surface area (TPSA) is 28.4 Å². The molecule has 0 radical (unpaired) electrons. The summed E-state index contributed by atoms with van der Waals surface area (Å²) in [7, 11) is 0. The van der Waals surface area contributed by atoms with Gasteiger partial charge in [-0.2, -0.15) is 0 Å². The van der Waals surface area contributed by atoms with Gasteiger partial charge in [-0.05, 0) is 56.9 Å². The van der Waals surface area contributed by atoms with Crippen LogP contribution in [-0.4, -0.2) is 31.1 Å². The number of hydrogen-bond donors (Lipinski definition) is 1. The molecule has 2 atom stereocenters. The summed E-state index contributed by atoms with van der Waals surface area (Å²) in [5.74, 6) is 1.91. The molecule has 1 fully saturated rings. The maximum absolute atomic E-state index is 5.60. The minimum absolute atomic E-state index is 0.437. The van der Waals surface area contributed by atoms with Crippen molar-refractivity contribution in [3.63, 3.8) is 0 Å². The molecule has 18 heavy (non-hydrogen) atoms. The van der Waals surface area contributed by atoms with E-state index < -0.39 is 0 Å². The van der Waals surface area contributed by atoms with Gasteiger partial charge in [-0.3, -0.25) is 4.90 Å². The van der Waals surface area contributed by atoms with Crippen LogP contribution in [0.15, 0.2) is 22.8 Å². The van der Waals surface area contributed by atoms with E-state index in [0.717, 1.165) is 24.6 Å². The average Bonchev–Trinajstić information content (AvgIpc) is 2.93. The number of hydrogen-bond acceptors (Lipinski definition) is 3. The van der Waals surface area contributed by atoms with E-state index in [2.05, 4.69) is 30.1 Å². The number of piperidine rings is 1. The van der Waals surface area contributed by atoms with E-state index in [-0.39, 0.29) is 0 Å². The summed E-state index contributed by atoms with van der Waals surface area (Å²) in [6.45, 7) is 9.14. The minimum atomic E-state index is 0.437. The molecule has 1 aromatic heterocycles. The molecule has 3 heteroatoms. The lowest BCUT2D eigenvalue weighted by molar-refractivity contribution is 0.141. The monoisotopic (exact) mass is 250 g/mol. The van der Waals surface area contributed by atoms with Crippen molar-refractivity contribution in [1.29, 1.82) is 0 Å². The standard InChI is InChI=1S/C15H26N2O/c1-3-14(15-8-6-10-18-15)17(4-2)12-13-7-5-9-16-11-13/h6,8,10,13-14,16H,3-5,7,9,11-12H2,1-2H3. The van der Waals surface area contributed by atoms with Gasteiger partial charge in [-0.25, -0.2) is 0 Å². The minimum Gasteiger partial charge on any atom is -0.468 e. The van der Waals surface area contributed by atoms with Crippen LogP contribution in [0.2, 0.25) is 0 Å². The van der Waals surface area contributed by atoms with E-state index in [1.54, 1.807) is 6.26 Å². The van der Waals surface area contributed by atoms with Gasteiger partial charge < -0.3 is 9.73 Å². The van der Waals surface area contributed by atoms with Gasteiger partial charge in [0.1, 0.15) is 5.76 Å². The van der Waals surface area contributed by atoms with Crippen LogP contribution in [0.4, 0.5) is 0 Å². The number of rotatable bonds is 6. The van der Waals surface area contributed by atoms with Crippen LogP contribution >= 0.6 is 0 Å². The van der Waals surface area contributed by atoms with Gasteiger partial charge in [0.25, 0.3) is 0 Å². The van der Waals surface area contributed by atoms with Crippen LogP contribution in [-0.2, 0) is 0 Å². The van der Waals surface area contributed by atoms with Gasteiger partial charge in [-0.15, -0.1) is 0 Å². The Kier molecular flexibility index (Phi) is 5.26. The summed E-state index contributed by atoms with van der Waals surface area (Å²) < 4.78 is 5.60. The van der Waals surface area contributed by atoms with Crippen molar-refractivity contribution in [2.24, 2.45) is 5.92 Å². The number of furan rings is 1. The fraction of sp³-hybridized carbons (Fsp3) is 0.733. The zero-order chi connectivity index (χ0) is 12.8. The van der Waals surface area contributed by atoms with E-state index in [0.29, 0.717) is 6.04 Å². The lowest BCUT2D eigenvalue weighted by Gasteiger charge is -2.33. The maximum atomic E-state index is 5.60. The molecule has 1 saturated heterocycles. The van der Waals surface area contributed by atoms with Crippen molar-refractivity contribution >= 4 is 0 Å². The Bertz CT molecular complexity index is 317. The Morgan fingerprint density at radius 3 is 2.94 bits per heavy atom. The molecular weight excluding hydrogens is 224 g/mol. The third kappa shape index (κ3) is 3.36. The highest BCUT2D eigenvalue weighted by Crippen LogP contribution is 2.26. The van der Waals surface area contributed by atoms with Gasteiger partial charge >= 0.3 is 0 Å². The summed E-state index contributed by atoms with van der Waals surface area (Å²) in [6, 6.07) is 4.54. The van der Waals surface area contributed by atoms with Gasteiger partial charge in [0.2, 0.25) is 0 Å². The van der Waals surface area contributed by atoms with Crippen molar-refractivity contribution in [2.75, 3.05) is 26.2 Å². The second kappa shape index (κ2) is 6.95. The molecule has 0 saturated carbocycles. The highest BCUT2D eigenvalue weighted by atomic mass is 16.3. The predicted molar refractivity (Wildman–Crippen MR) is 74.6 cm³/mol. The molecule has 2 heterocycles. The van der Waals surface area contributed by atoms with Gasteiger partial charge in [-0.1, -0.05) is 13.8 Å². The van der Waals surface area contributed by atoms with Crippen LogP contribution in [0.1, 0.15) is 44.9 Å². The zero-order valence-corrected chi connectivity index (χ0v) is 11.7. The van der Waals surface area contributed by atoms with E-state index in [4.69, 9.17) is 4.42 Å². The largest absolute Gasteiger partial charge is 0.468 e. The number of nitrogens with one attached hydrogen (secondary N) is 1. The number of nitrogens with zero attached hydrogens (tertiary/aromatic N) is 1. The van der Waals surface area contributed by atoms with Crippen LogP contribution in [0.5, 0.6) is 0 Å². The van der Waals surface area contributed by atoms with Crippen LogP contribution in [0.3, 0.4) is 0 Å². The quantitative estimate of drug-likeness (QED) is 0.841. The average molecular weight is 250 g/mol. The summed E-state index contributed by atoms with van der Waals surface area (Å²) in [6.07, 6.45) is 5.58. The van der Waals surface area contributed by atoms with Crippen LogP contribution < -0.4 is 5.32 Å². The Morgan fingerprint density at radius 2 is 2.39 bits per heavy atom. The molecule has 1 N–H and O–H groups in total. The van der Waals surface area contributed by atoms with Crippen LogP contribution in [0.25, 0.3) is 0 Å². The Hall–Kier alpha value is -0.800. The highest BCUT2D eigenvalue weighted by Gasteiger charge is 2.23. The van der Waals surface area contributed by atoms with Crippen molar-refractivity contribution in [3.8, 4) is 0 Å². The lowest BCUT2D eigenvalue weighted by atomic mass is 9.97. The van der Waals surface area contributed by atoms with Crippen molar-refractivity contribution in [2.45, 2.75) is 39.2 Å². The van der Waals surface area contributed by atoms with Crippen molar-refractivity contribution < 1.29 is 4.42 Å². The molecule has 0 spiro atoms. The second-order valence-corrected chi connectivity index (χ2v) is 5.24. The first-order chi connectivity index (χ1) is 8.85. The third-order valence-electron chi connectivity index (χ3n) is 4.00. The van der Waals surface area contributed by atoms with E-state index in [1.165, 1.54) is 32.5 Å². The predicted octanol–water partition coefficient (Wildman–Crippen LogP) is 3.05. The summed E-state index contributed by atoms with van der Waals surface area (Å²) in [5.41, 5.74) is 0. The molecular formula is C15H26N2O. The summed E-state index contributed by atoms with van der Waals surface area (Å²) in [5, 5.41) is 3.51. The van der Waals surface area contributed by atoms with Crippen molar-refractivity contribution in [3.05, 3.63) is 24.2 Å². The molecule has 2 rings (SSSR count). The van der Waals surface area contributed by atoms with Crippen molar-refractivity contribution in [1.82, 2.24) is 10.2 Å². The summed E-state index contributed by atoms with van der Waals surface area (Å²) >= 11 is 0. The molecule has 1 aliphatic heterocycles. The SMILES string of the molecule is CCC(c1ccco1)N(CC)CC1CCCNC1. The smallest absolute Gasteiger partial charge is 0.120 e. The molecule has 0 aromatic carbocycles. The second-order valence-electron chi connectivity index (χ2n) is 5.24. The van der Waals surface area contributed by atoms with Gasteiger partial charge in [0.05, 0.1) is 12.3 Å². The Labute approximate surface area is 111 Å². The highest BCUT2D eigenvalue weighted by molar-refractivity contribution is 5.04. The van der Waals surface area contributed by atoms with Gasteiger partial charge in [0, 0.05) is 6.54 Å². The maximum Gasteiger partial charge on any atom is 0.120 e. The molecule has 1 aliphatic rings.